The highest BCUT2D eigenvalue weighted by molar-refractivity contribution is 5.99. The molecule has 4 aromatic carbocycles. The third-order valence-electron chi connectivity index (χ3n) is 7.92. The Labute approximate surface area is 245 Å². The van der Waals surface area contributed by atoms with Gasteiger partial charge in [0.25, 0.3) is 5.91 Å². The second-order valence-electron chi connectivity index (χ2n) is 10.4. The number of rotatable bonds is 9. The molecule has 42 heavy (non-hydrogen) atoms. The normalized spacial score (nSPS) is 11.7. The Kier molecular flexibility index (Phi) is 8.02. The highest BCUT2D eigenvalue weighted by Crippen LogP contribution is 2.31. The maximum Gasteiger partial charge on any atom is 0.336 e. The third-order valence-corrected chi connectivity index (χ3v) is 7.92. The second kappa shape index (κ2) is 11.8. The van der Waals surface area contributed by atoms with Crippen molar-refractivity contribution in [1.82, 2.24) is 9.88 Å². The van der Waals surface area contributed by atoms with Crippen LogP contribution < -0.4 is 14.8 Å². The first-order valence-corrected chi connectivity index (χ1v) is 13.8. The lowest BCUT2D eigenvalue weighted by Gasteiger charge is -2.18. The minimum Gasteiger partial charge on any atom is -0.497 e. The molecule has 0 fully saturated rings. The SMILES string of the molecule is COc1ccc([C@H](C)NC(=O)c2ccc3c(c2)c(C)c(C)n3Cc2ccc(-c3ccccc3C(=O)O)cc2)c(OC)c1. The van der Waals surface area contributed by atoms with E-state index in [1.807, 2.05) is 73.7 Å². The summed E-state index contributed by atoms with van der Waals surface area (Å²) in [5, 5.41) is 13.7. The summed E-state index contributed by atoms with van der Waals surface area (Å²) in [6.07, 6.45) is 0. The van der Waals surface area contributed by atoms with Crippen LogP contribution in [0.3, 0.4) is 0 Å². The third kappa shape index (κ3) is 5.46. The zero-order valence-corrected chi connectivity index (χ0v) is 24.4. The van der Waals surface area contributed by atoms with Gasteiger partial charge >= 0.3 is 5.97 Å². The summed E-state index contributed by atoms with van der Waals surface area (Å²) < 4.78 is 13.1. The van der Waals surface area contributed by atoms with E-state index in [1.165, 1.54) is 0 Å². The molecule has 214 valence electrons. The number of amides is 1. The Hall–Kier alpha value is -5.04. The van der Waals surface area contributed by atoms with Crippen molar-refractivity contribution in [2.24, 2.45) is 0 Å². The van der Waals surface area contributed by atoms with Crippen molar-refractivity contribution >= 4 is 22.8 Å². The van der Waals surface area contributed by atoms with E-state index in [2.05, 4.69) is 23.7 Å². The Morgan fingerprint density at radius 2 is 1.64 bits per heavy atom. The molecular formula is C35H34N2O5. The van der Waals surface area contributed by atoms with Crippen LogP contribution in [0.15, 0.2) is 84.9 Å². The van der Waals surface area contributed by atoms with Crippen LogP contribution in [0.2, 0.25) is 0 Å². The molecule has 5 aromatic rings. The highest BCUT2D eigenvalue weighted by Gasteiger charge is 2.19. The average Bonchev–Trinajstić information content (AvgIpc) is 3.25. The summed E-state index contributed by atoms with van der Waals surface area (Å²) in [6.45, 7) is 6.74. The van der Waals surface area contributed by atoms with E-state index >= 15 is 0 Å². The van der Waals surface area contributed by atoms with E-state index in [0.717, 1.165) is 38.9 Å². The Bertz CT molecular complexity index is 1790. The van der Waals surface area contributed by atoms with Gasteiger partial charge in [-0.3, -0.25) is 4.79 Å². The van der Waals surface area contributed by atoms with Gasteiger partial charge in [-0.25, -0.2) is 4.79 Å². The molecule has 1 atom stereocenters. The molecule has 5 rings (SSSR count). The van der Waals surface area contributed by atoms with Gasteiger partial charge in [-0.15, -0.1) is 0 Å². The number of aryl methyl sites for hydroxylation is 1. The molecule has 0 unspecified atom stereocenters. The first-order valence-electron chi connectivity index (χ1n) is 13.8. The quantitative estimate of drug-likeness (QED) is 0.199. The minimum absolute atomic E-state index is 0.163. The van der Waals surface area contributed by atoms with E-state index in [0.29, 0.717) is 29.2 Å². The van der Waals surface area contributed by atoms with Crippen LogP contribution in [0.5, 0.6) is 11.5 Å². The van der Waals surface area contributed by atoms with Crippen LogP contribution in [0, 0.1) is 13.8 Å². The number of nitrogens with zero attached hydrogens (tertiary/aromatic N) is 1. The lowest BCUT2D eigenvalue weighted by atomic mass is 9.99. The molecular weight excluding hydrogens is 528 g/mol. The molecule has 0 aliphatic heterocycles. The molecule has 0 radical (unpaired) electrons. The summed E-state index contributed by atoms with van der Waals surface area (Å²) in [6, 6.07) is 26.1. The fourth-order valence-electron chi connectivity index (χ4n) is 5.42. The highest BCUT2D eigenvalue weighted by atomic mass is 16.5. The zero-order chi connectivity index (χ0) is 30.0. The Morgan fingerprint density at radius 1 is 0.905 bits per heavy atom. The van der Waals surface area contributed by atoms with Crippen molar-refractivity contribution in [2.45, 2.75) is 33.4 Å². The van der Waals surface area contributed by atoms with Crippen LogP contribution >= 0.6 is 0 Å². The number of hydrogen-bond donors (Lipinski definition) is 2. The fraction of sp³-hybridized carbons (Fsp3) is 0.200. The number of carboxylic acids is 1. The number of nitrogens with one attached hydrogen (secondary N) is 1. The molecule has 0 aliphatic rings. The predicted octanol–water partition coefficient (Wildman–Crippen LogP) is 7.18. The number of carbonyl (C=O) groups excluding carboxylic acids is 1. The summed E-state index contributed by atoms with van der Waals surface area (Å²) in [4.78, 5) is 24.9. The Balaban J connectivity index is 1.37. The van der Waals surface area contributed by atoms with Gasteiger partial charge in [0.1, 0.15) is 11.5 Å². The topological polar surface area (TPSA) is 89.8 Å². The van der Waals surface area contributed by atoms with Crippen molar-refractivity contribution in [3.8, 4) is 22.6 Å². The van der Waals surface area contributed by atoms with Crippen molar-refractivity contribution in [3.05, 3.63) is 118 Å². The average molecular weight is 563 g/mol. The number of methoxy groups -OCH3 is 2. The van der Waals surface area contributed by atoms with Crippen LogP contribution in [-0.4, -0.2) is 35.8 Å². The number of ether oxygens (including phenoxy) is 2. The van der Waals surface area contributed by atoms with Gasteiger partial charge < -0.3 is 24.5 Å². The maximum atomic E-state index is 13.3. The number of aromatic nitrogens is 1. The van der Waals surface area contributed by atoms with Gasteiger partial charge in [-0.1, -0.05) is 42.5 Å². The molecule has 1 heterocycles. The first kappa shape index (κ1) is 28.5. The van der Waals surface area contributed by atoms with Gasteiger partial charge in [0, 0.05) is 40.3 Å². The molecule has 0 saturated heterocycles. The van der Waals surface area contributed by atoms with Crippen molar-refractivity contribution in [3.63, 3.8) is 0 Å². The predicted molar refractivity (Wildman–Crippen MR) is 165 cm³/mol. The molecule has 0 aliphatic carbocycles. The largest absolute Gasteiger partial charge is 0.497 e. The van der Waals surface area contributed by atoms with Crippen LogP contribution in [-0.2, 0) is 6.54 Å². The fourth-order valence-corrected chi connectivity index (χ4v) is 5.42. The van der Waals surface area contributed by atoms with Crippen molar-refractivity contribution in [1.29, 1.82) is 0 Å². The summed E-state index contributed by atoms with van der Waals surface area (Å²) >= 11 is 0. The van der Waals surface area contributed by atoms with E-state index < -0.39 is 5.97 Å². The number of carboxylic acid groups (broad SMARTS) is 1. The molecule has 7 heteroatoms. The lowest BCUT2D eigenvalue weighted by molar-refractivity contribution is 0.0697. The smallest absolute Gasteiger partial charge is 0.336 e. The summed E-state index contributed by atoms with van der Waals surface area (Å²) in [7, 11) is 3.20. The number of fused-ring (bicyclic) bond motifs is 1. The van der Waals surface area contributed by atoms with Crippen LogP contribution in [0.25, 0.3) is 22.0 Å². The van der Waals surface area contributed by atoms with Gasteiger partial charge in [-0.05, 0) is 79.4 Å². The zero-order valence-electron chi connectivity index (χ0n) is 24.4. The van der Waals surface area contributed by atoms with Gasteiger partial charge in [0.05, 0.1) is 25.8 Å². The maximum absolute atomic E-state index is 13.3. The van der Waals surface area contributed by atoms with Crippen molar-refractivity contribution < 1.29 is 24.2 Å². The molecule has 1 aromatic heterocycles. The van der Waals surface area contributed by atoms with Gasteiger partial charge in [0.15, 0.2) is 0 Å². The van der Waals surface area contributed by atoms with Crippen LogP contribution in [0.1, 0.15) is 56.1 Å². The number of benzene rings is 4. The van der Waals surface area contributed by atoms with Gasteiger partial charge in [-0.2, -0.15) is 0 Å². The van der Waals surface area contributed by atoms with Gasteiger partial charge in [0.2, 0.25) is 0 Å². The molecule has 0 bridgehead atoms. The minimum atomic E-state index is -0.942. The monoisotopic (exact) mass is 562 g/mol. The van der Waals surface area contributed by atoms with E-state index in [9.17, 15) is 14.7 Å². The van der Waals surface area contributed by atoms with Crippen LogP contribution in [0.4, 0.5) is 0 Å². The second-order valence-corrected chi connectivity index (χ2v) is 10.4. The summed E-state index contributed by atoms with van der Waals surface area (Å²) in [5.41, 5.74) is 7.68. The molecule has 7 nitrogen and oxygen atoms in total. The number of hydrogen-bond acceptors (Lipinski definition) is 4. The lowest BCUT2D eigenvalue weighted by Crippen LogP contribution is -2.26. The van der Waals surface area contributed by atoms with E-state index in [1.54, 1.807) is 32.4 Å². The van der Waals surface area contributed by atoms with E-state index in [4.69, 9.17) is 9.47 Å². The summed E-state index contributed by atoms with van der Waals surface area (Å²) in [5.74, 6) is 0.238. The Morgan fingerprint density at radius 3 is 2.33 bits per heavy atom. The van der Waals surface area contributed by atoms with Crippen molar-refractivity contribution in [2.75, 3.05) is 14.2 Å². The molecule has 2 N–H and O–H groups in total. The molecule has 1 amide bonds. The first-order chi connectivity index (χ1) is 20.2. The number of carbonyl (C=O) groups is 2. The molecule has 0 spiro atoms. The molecule has 0 saturated carbocycles. The van der Waals surface area contributed by atoms with E-state index in [-0.39, 0.29) is 17.5 Å². The number of aromatic carboxylic acids is 1. The standard InChI is InChI=1S/C35H34N2O5/c1-21-23(3)37(20-24-10-12-25(13-11-24)29-8-6-7-9-30(29)35(39)40)32-17-14-26(18-31(21)32)34(38)36-22(2)28-16-15-27(41-4)19-33(28)42-5/h6-19,22H,20H2,1-5H3,(H,36,38)(H,39,40)/t22-/m0/s1.